The molecule has 2 aliphatic heterocycles. The van der Waals surface area contributed by atoms with E-state index in [9.17, 15) is 0 Å². The predicted octanol–water partition coefficient (Wildman–Crippen LogP) is -0.238. The van der Waals surface area contributed by atoms with E-state index in [0.717, 1.165) is 26.4 Å². The van der Waals surface area contributed by atoms with Gasteiger partial charge in [-0.1, -0.05) is 12.2 Å². The van der Waals surface area contributed by atoms with E-state index in [1.54, 1.807) is 0 Å². The second-order valence-corrected chi connectivity index (χ2v) is 2.63. The van der Waals surface area contributed by atoms with E-state index in [4.69, 9.17) is 4.74 Å². The molecule has 1 atom stereocenters. The molecule has 0 aromatic carbocycles. The van der Waals surface area contributed by atoms with Crippen molar-refractivity contribution in [2.75, 3.05) is 26.4 Å². The van der Waals surface area contributed by atoms with Crippen LogP contribution < -0.4 is 5.32 Å². The van der Waals surface area contributed by atoms with E-state index in [1.165, 1.54) is 0 Å². The quantitative estimate of drug-likeness (QED) is 0.509. The van der Waals surface area contributed by atoms with Crippen molar-refractivity contribution in [3.8, 4) is 0 Å². The fraction of sp³-hybridized carbons (Fsp3) is 0.714. The molecule has 0 aromatic rings. The Morgan fingerprint density at radius 2 is 2.60 bits per heavy atom. The third-order valence-corrected chi connectivity index (χ3v) is 1.94. The molecular weight excluding hydrogens is 128 g/mol. The van der Waals surface area contributed by atoms with Gasteiger partial charge in [0.05, 0.1) is 12.8 Å². The molecule has 2 heterocycles. The zero-order chi connectivity index (χ0) is 6.81. The Balaban J connectivity index is 1.91. The van der Waals surface area contributed by atoms with Crippen LogP contribution in [0.2, 0.25) is 0 Å². The van der Waals surface area contributed by atoms with Gasteiger partial charge in [-0.05, 0) is 0 Å². The Hall–Kier alpha value is -0.380. The molecule has 1 N–H and O–H groups in total. The highest BCUT2D eigenvalue weighted by Gasteiger charge is 2.20. The van der Waals surface area contributed by atoms with Gasteiger partial charge in [0.2, 0.25) is 0 Å². The van der Waals surface area contributed by atoms with E-state index in [-0.39, 0.29) is 0 Å². The van der Waals surface area contributed by atoms with Gasteiger partial charge in [0.25, 0.3) is 0 Å². The normalized spacial score (nSPS) is 33.8. The summed E-state index contributed by atoms with van der Waals surface area (Å²) in [6.45, 7) is 3.72. The molecule has 10 heavy (non-hydrogen) atoms. The minimum absolute atomic E-state index is 0.433. The van der Waals surface area contributed by atoms with Crippen LogP contribution in [0.4, 0.5) is 0 Å². The van der Waals surface area contributed by atoms with Crippen molar-refractivity contribution in [3.63, 3.8) is 0 Å². The van der Waals surface area contributed by atoms with E-state index >= 15 is 0 Å². The lowest BCUT2D eigenvalue weighted by molar-refractivity contribution is 0.120. The summed E-state index contributed by atoms with van der Waals surface area (Å²) >= 11 is 0. The van der Waals surface area contributed by atoms with Crippen LogP contribution in [-0.4, -0.2) is 37.5 Å². The highest BCUT2D eigenvalue weighted by molar-refractivity contribution is 5.01. The lowest BCUT2D eigenvalue weighted by atomic mass is 10.4. The summed E-state index contributed by atoms with van der Waals surface area (Å²) in [5.41, 5.74) is 0. The molecule has 1 saturated heterocycles. The van der Waals surface area contributed by atoms with Crippen LogP contribution in [-0.2, 0) is 4.74 Å². The molecule has 3 heteroatoms. The second-order valence-electron chi connectivity index (χ2n) is 2.63. The first-order valence-corrected chi connectivity index (χ1v) is 3.69. The van der Waals surface area contributed by atoms with Crippen LogP contribution >= 0.6 is 0 Å². The fourth-order valence-corrected chi connectivity index (χ4v) is 1.35. The minimum Gasteiger partial charge on any atom is -0.365 e. The van der Waals surface area contributed by atoms with Crippen LogP contribution in [0.5, 0.6) is 0 Å². The lowest BCUT2D eigenvalue weighted by Crippen LogP contribution is -2.40. The van der Waals surface area contributed by atoms with Gasteiger partial charge in [-0.25, -0.2) is 0 Å². The van der Waals surface area contributed by atoms with Crippen molar-refractivity contribution in [2.45, 2.75) is 6.17 Å². The van der Waals surface area contributed by atoms with E-state index < -0.39 is 0 Å². The van der Waals surface area contributed by atoms with Crippen molar-refractivity contribution in [1.29, 1.82) is 0 Å². The average molecular weight is 140 g/mol. The minimum atomic E-state index is 0.433. The van der Waals surface area contributed by atoms with E-state index in [0.29, 0.717) is 6.17 Å². The Labute approximate surface area is 60.7 Å². The van der Waals surface area contributed by atoms with Gasteiger partial charge in [-0.15, -0.1) is 0 Å². The first kappa shape index (κ1) is 6.34. The van der Waals surface area contributed by atoms with Gasteiger partial charge in [0, 0.05) is 13.1 Å². The maximum absolute atomic E-state index is 5.22. The first-order valence-electron chi connectivity index (χ1n) is 3.69. The molecule has 1 unspecified atom stereocenters. The summed E-state index contributed by atoms with van der Waals surface area (Å²) in [6.07, 6.45) is 4.78. The molecule has 0 radical (unpaired) electrons. The molecule has 0 bridgehead atoms. The van der Waals surface area contributed by atoms with Gasteiger partial charge in [0.1, 0.15) is 6.73 Å². The van der Waals surface area contributed by atoms with Gasteiger partial charge in [-0.3, -0.25) is 10.2 Å². The average Bonchev–Trinajstić information content (AvgIpc) is 2.59. The molecule has 0 spiro atoms. The number of hydrogen-bond donors (Lipinski definition) is 1. The lowest BCUT2D eigenvalue weighted by Gasteiger charge is -2.19. The number of nitrogens with zero attached hydrogens (tertiary/aromatic N) is 1. The van der Waals surface area contributed by atoms with Gasteiger partial charge < -0.3 is 4.74 Å². The summed E-state index contributed by atoms with van der Waals surface area (Å²) in [6, 6.07) is 0. The van der Waals surface area contributed by atoms with Crippen molar-refractivity contribution in [1.82, 2.24) is 10.2 Å². The van der Waals surface area contributed by atoms with Gasteiger partial charge >= 0.3 is 0 Å². The topological polar surface area (TPSA) is 24.5 Å². The van der Waals surface area contributed by atoms with Crippen LogP contribution in [0, 0.1) is 0 Å². The summed E-state index contributed by atoms with van der Waals surface area (Å²) in [5.74, 6) is 0. The molecule has 2 rings (SSSR count). The summed E-state index contributed by atoms with van der Waals surface area (Å²) in [5, 5.41) is 3.33. The molecule has 3 nitrogen and oxygen atoms in total. The highest BCUT2D eigenvalue weighted by Crippen LogP contribution is 2.07. The summed E-state index contributed by atoms with van der Waals surface area (Å²) in [7, 11) is 0. The molecule has 1 fully saturated rings. The Morgan fingerprint density at radius 1 is 1.60 bits per heavy atom. The third-order valence-electron chi connectivity index (χ3n) is 1.94. The standard InChI is InChI=1S/C7H12N2O/c1-2-7(8-3-1)9-4-5-10-6-9/h1-2,7-8H,3-6H2. The van der Waals surface area contributed by atoms with Crippen LogP contribution in [0.3, 0.4) is 0 Å². The highest BCUT2D eigenvalue weighted by atomic mass is 16.5. The Morgan fingerprint density at radius 3 is 3.20 bits per heavy atom. The molecule has 56 valence electrons. The van der Waals surface area contributed by atoms with Crippen LogP contribution in [0.15, 0.2) is 12.2 Å². The van der Waals surface area contributed by atoms with Crippen molar-refractivity contribution >= 4 is 0 Å². The van der Waals surface area contributed by atoms with E-state index in [2.05, 4.69) is 22.4 Å². The number of ether oxygens (including phenoxy) is 1. The van der Waals surface area contributed by atoms with Crippen molar-refractivity contribution < 1.29 is 4.74 Å². The fourth-order valence-electron chi connectivity index (χ4n) is 1.35. The second kappa shape index (κ2) is 2.70. The van der Waals surface area contributed by atoms with Crippen LogP contribution in [0.1, 0.15) is 0 Å². The number of nitrogens with one attached hydrogen (secondary N) is 1. The molecule has 0 saturated carbocycles. The van der Waals surface area contributed by atoms with Gasteiger partial charge in [-0.2, -0.15) is 0 Å². The maximum Gasteiger partial charge on any atom is 0.101 e. The molecule has 0 aromatic heterocycles. The zero-order valence-electron chi connectivity index (χ0n) is 5.92. The number of hydrogen-bond acceptors (Lipinski definition) is 3. The Kier molecular flexibility index (Phi) is 1.71. The number of rotatable bonds is 1. The SMILES string of the molecule is C1=CC(N2CCOC2)NC1. The molecule has 2 aliphatic rings. The predicted molar refractivity (Wildman–Crippen MR) is 38.5 cm³/mol. The Bertz CT molecular complexity index is 141. The summed E-state index contributed by atoms with van der Waals surface area (Å²) in [4.78, 5) is 2.28. The van der Waals surface area contributed by atoms with Crippen molar-refractivity contribution in [3.05, 3.63) is 12.2 Å². The first-order chi connectivity index (χ1) is 4.97. The van der Waals surface area contributed by atoms with E-state index in [1.807, 2.05) is 0 Å². The smallest absolute Gasteiger partial charge is 0.101 e. The molecule has 0 amide bonds. The third kappa shape index (κ3) is 1.08. The van der Waals surface area contributed by atoms with Gasteiger partial charge in [0.15, 0.2) is 0 Å². The van der Waals surface area contributed by atoms with Crippen LogP contribution in [0.25, 0.3) is 0 Å². The maximum atomic E-state index is 5.22. The molecular formula is C7H12N2O. The largest absolute Gasteiger partial charge is 0.365 e. The van der Waals surface area contributed by atoms with Crippen molar-refractivity contribution in [2.24, 2.45) is 0 Å². The zero-order valence-corrected chi connectivity index (χ0v) is 5.92. The monoisotopic (exact) mass is 140 g/mol. The summed E-state index contributed by atoms with van der Waals surface area (Å²) < 4.78 is 5.22. The molecule has 0 aliphatic carbocycles.